The van der Waals surface area contributed by atoms with Gasteiger partial charge < -0.3 is 10.5 Å². The van der Waals surface area contributed by atoms with Crippen molar-refractivity contribution in [1.82, 2.24) is 4.90 Å². The minimum atomic E-state index is -0.730. The Balaban J connectivity index is 1.57. The maximum absolute atomic E-state index is 12.4. The van der Waals surface area contributed by atoms with Gasteiger partial charge in [0.15, 0.2) is 0 Å². The van der Waals surface area contributed by atoms with Crippen LogP contribution in [0.15, 0.2) is 65.7 Å². The fourth-order valence-electron chi connectivity index (χ4n) is 2.53. The van der Waals surface area contributed by atoms with E-state index < -0.39 is 18.0 Å². The molecule has 0 bridgehead atoms. The molecule has 0 unspecified atom stereocenters. The van der Waals surface area contributed by atoms with Crippen LogP contribution >= 0.6 is 11.8 Å². The van der Waals surface area contributed by atoms with Gasteiger partial charge in [-0.15, -0.1) is 0 Å². The number of ether oxygens (including phenoxy) is 1. The number of carbonyl (C=O) groups excluding carboxylic acids is 2. The number of hydrogen-bond donors (Lipinski definition) is 1. The molecule has 2 N–H and O–H groups in total. The highest BCUT2D eigenvalue weighted by atomic mass is 32.2. The monoisotopic (exact) mass is 369 g/mol. The summed E-state index contributed by atoms with van der Waals surface area (Å²) in [7, 11) is 0. The molecule has 1 aliphatic heterocycles. The molecule has 1 atom stereocenters. The van der Waals surface area contributed by atoms with Crippen molar-refractivity contribution in [2.24, 2.45) is 10.7 Å². The van der Waals surface area contributed by atoms with Crippen LogP contribution in [0.4, 0.5) is 4.79 Å². The molecule has 0 saturated carbocycles. The van der Waals surface area contributed by atoms with Crippen LogP contribution in [-0.4, -0.2) is 34.7 Å². The minimum Gasteiger partial charge on any atom is -0.444 e. The predicted octanol–water partition coefficient (Wildman–Crippen LogP) is 2.78. The SMILES string of the molecule is NC1=NC(=O)[C@@H](CSCc2ccccc2)N1C(=O)OCc1ccccc1. The molecule has 134 valence electrons. The van der Waals surface area contributed by atoms with Gasteiger partial charge in [0.2, 0.25) is 5.96 Å². The summed E-state index contributed by atoms with van der Waals surface area (Å²) in [6, 6.07) is 18.5. The summed E-state index contributed by atoms with van der Waals surface area (Å²) in [5.41, 5.74) is 7.76. The van der Waals surface area contributed by atoms with E-state index in [2.05, 4.69) is 4.99 Å². The Kier molecular flexibility index (Phi) is 5.91. The highest BCUT2D eigenvalue weighted by Gasteiger charge is 2.39. The average molecular weight is 369 g/mol. The van der Waals surface area contributed by atoms with E-state index in [1.165, 1.54) is 0 Å². The molecule has 7 heteroatoms. The van der Waals surface area contributed by atoms with Gasteiger partial charge in [0, 0.05) is 11.5 Å². The number of amides is 2. The summed E-state index contributed by atoms with van der Waals surface area (Å²) in [6.45, 7) is 0.113. The van der Waals surface area contributed by atoms with E-state index >= 15 is 0 Å². The fourth-order valence-corrected chi connectivity index (χ4v) is 3.59. The summed E-state index contributed by atoms with van der Waals surface area (Å²) in [4.78, 5) is 29.3. The third-order valence-corrected chi connectivity index (χ3v) is 4.95. The van der Waals surface area contributed by atoms with Crippen LogP contribution in [-0.2, 0) is 21.9 Å². The Bertz CT molecular complexity index is 796. The van der Waals surface area contributed by atoms with Crippen molar-refractivity contribution in [3.8, 4) is 0 Å². The first-order chi connectivity index (χ1) is 12.6. The van der Waals surface area contributed by atoms with E-state index in [1.807, 2.05) is 60.7 Å². The van der Waals surface area contributed by atoms with Crippen LogP contribution in [0, 0.1) is 0 Å². The third kappa shape index (κ3) is 4.43. The topological polar surface area (TPSA) is 85.0 Å². The lowest BCUT2D eigenvalue weighted by Crippen LogP contribution is -2.47. The molecular weight excluding hydrogens is 350 g/mol. The minimum absolute atomic E-state index is 0.113. The Morgan fingerprint density at radius 3 is 2.35 bits per heavy atom. The second-order valence-corrected chi connectivity index (χ2v) is 6.77. The Labute approximate surface area is 156 Å². The zero-order chi connectivity index (χ0) is 18.4. The predicted molar refractivity (Wildman–Crippen MR) is 101 cm³/mol. The quantitative estimate of drug-likeness (QED) is 0.846. The van der Waals surface area contributed by atoms with Gasteiger partial charge in [-0.2, -0.15) is 16.8 Å². The van der Waals surface area contributed by atoms with Crippen molar-refractivity contribution in [3.63, 3.8) is 0 Å². The lowest BCUT2D eigenvalue weighted by atomic mass is 10.2. The third-order valence-electron chi connectivity index (χ3n) is 3.86. The highest BCUT2D eigenvalue weighted by molar-refractivity contribution is 7.98. The number of rotatable bonds is 6. The smallest absolute Gasteiger partial charge is 0.417 e. The van der Waals surface area contributed by atoms with Gasteiger partial charge in [-0.1, -0.05) is 60.7 Å². The fraction of sp³-hybridized carbons (Fsp3) is 0.211. The molecule has 2 amide bonds. The summed E-state index contributed by atoms with van der Waals surface area (Å²) < 4.78 is 5.29. The molecule has 0 spiro atoms. The number of aliphatic imine (C=N–C) groups is 1. The van der Waals surface area contributed by atoms with E-state index in [0.717, 1.165) is 21.8 Å². The summed E-state index contributed by atoms with van der Waals surface area (Å²) in [6.07, 6.45) is -0.661. The Morgan fingerprint density at radius 1 is 1.08 bits per heavy atom. The molecular formula is C19H19N3O3S. The average Bonchev–Trinajstić information content (AvgIpc) is 2.95. The van der Waals surface area contributed by atoms with Gasteiger partial charge in [-0.3, -0.25) is 4.79 Å². The van der Waals surface area contributed by atoms with Gasteiger partial charge >= 0.3 is 6.09 Å². The molecule has 2 aromatic carbocycles. The number of hydrogen-bond acceptors (Lipinski definition) is 5. The van der Waals surface area contributed by atoms with Gasteiger partial charge in [0.05, 0.1) is 0 Å². The first-order valence-electron chi connectivity index (χ1n) is 8.15. The Hall–Kier alpha value is -2.80. The van der Waals surface area contributed by atoms with Crippen molar-refractivity contribution in [1.29, 1.82) is 0 Å². The van der Waals surface area contributed by atoms with Crippen LogP contribution in [0.2, 0.25) is 0 Å². The normalized spacial score (nSPS) is 16.5. The van der Waals surface area contributed by atoms with Gasteiger partial charge in [0.1, 0.15) is 12.6 Å². The van der Waals surface area contributed by atoms with Crippen LogP contribution in [0.3, 0.4) is 0 Å². The largest absolute Gasteiger partial charge is 0.444 e. The van der Waals surface area contributed by atoms with Crippen LogP contribution in [0.5, 0.6) is 0 Å². The highest BCUT2D eigenvalue weighted by Crippen LogP contribution is 2.20. The molecule has 3 rings (SSSR count). The van der Waals surface area contributed by atoms with Crippen molar-refractivity contribution in [2.75, 3.05) is 5.75 Å². The second kappa shape index (κ2) is 8.53. The molecule has 0 fully saturated rings. The van der Waals surface area contributed by atoms with Crippen LogP contribution in [0.25, 0.3) is 0 Å². The molecule has 2 aromatic rings. The summed E-state index contributed by atoms with van der Waals surface area (Å²) in [5.74, 6) is 0.605. The number of nitrogens with two attached hydrogens (primary N) is 1. The second-order valence-electron chi connectivity index (χ2n) is 5.73. The first kappa shape index (κ1) is 18.0. The summed E-state index contributed by atoms with van der Waals surface area (Å²) in [5, 5.41) is 0. The maximum atomic E-state index is 12.4. The van der Waals surface area contributed by atoms with Gasteiger partial charge in [-0.25, -0.2) is 9.69 Å². The molecule has 0 aromatic heterocycles. The van der Waals surface area contributed by atoms with Gasteiger partial charge in [-0.05, 0) is 11.1 Å². The van der Waals surface area contributed by atoms with E-state index in [4.69, 9.17) is 10.5 Å². The Morgan fingerprint density at radius 2 is 1.69 bits per heavy atom. The standard InChI is InChI=1S/C19H19N3O3S/c20-18-21-17(23)16(13-26-12-15-9-5-2-6-10-15)22(18)19(24)25-11-14-7-3-1-4-8-14/h1-10,16H,11-13H2,(H2,20,21,23)/t16-/m1/s1. The summed E-state index contributed by atoms with van der Waals surface area (Å²) >= 11 is 1.55. The molecule has 0 aliphatic carbocycles. The van der Waals surface area contributed by atoms with Gasteiger partial charge in [0.25, 0.3) is 5.91 Å². The zero-order valence-corrected chi connectivity index (χ0v) is 14.9. The van der Waals surface area contributed by atoms with Crippen molar-refractivity contribution >= 4 is 29.7 Å². The molecule has 1 aliphatic rings. The van der Waals surface area contributed by atoms with E-state index in [-0.39, 0.29) is 12.6 Å². The number of nitrogens with zero attached hydrogens (tertiary/aromatic N) is 2. The number of thioether (sulfide) groups is 1. The molecule has 6 nitrogen and oxygen atoms in total. The first-order valence-corrected chi connectivity index (χ1v) is 9.30. The molecule has 0 saturated heterocycles. The van der Waals surface area contributed by atoms with Crippen molar-refractivity contribution < 1.29 is 14.3 Å². The van der Waals surface area contributed by atoms with E-state index in [0.29, 0.717) is 5.75 Å². The van der Waals surface area contributed by atoms with E-state index in [1.54, 1.807) is 11.8 Å². The van der Waals surface area contributed by atoms with Crippen molar-refractivity contribution in [2.45, 2.75) is 18.4 Å². The molecule has 0 radical (unpaired) electrons. The van der Waals surface area contributed by atoms with E-state index in [9.17, 15) is 9.59 Å². The lowest BCUT2D eigenvalue weighted by Gasteiger charge is -2.22. The lowest BCUT2D eigenvalue weighted by molar-refractivity contribution is -0.119. The molecule has 26 heavy (non-hydrogen) atoms. The van der Waals surface area contributed by atoms with Crippen molar-refractivity contribution in [3.05, 3.63) is 71.8 Å². The number of guanidine groups is 1. The maximum Gasteiger partial charge on any atom is 0.417 e. The zero-order valence-electron chi connectivity index (χ0n) is 14.1. The molecule has 1 heterocycles. The van der Waals surface area contributed by atoms with Crippen LogP contribution in [0.1, 0.15) is 11.1 Å². The number of carbonyl (C=O) groups is 2. The number of benzene rings is 2. The van der Waals surface area contributed by atoms with Crippen LogP contribution < -0.4 is 5.73 Å².